The first-order valence-electron chi connectivity index (χ1n) is 8.37. The van der Waals surface area contributed by atoms with E-state index in [1.165, 1.54) is 7.11 Å². The number of hydrogen-bond donors (Lipinski definition) is 1. The van der Waals surface area contributed by atoms with E-state index in [-0.39, 0.29) is 0 Å². The lowest BCUT2D eigenvalue weighted by atomic mass is 9.76. The van der Waals surface area contributed by atoms with E-state index in [4.69, 9.17) is 9.47 Å². The number of carbonyl (C=O) groups is 1. The summed E-state index contributed by atoms with van der Waals surface area (Å²) in [6.45, 7) is 2.22. The molecule has 0 bridgehead atoms. The predicted octanol–water partition coefficient (Wildman–Crippen LogP) is 2.43. The molecule has 1 amide bonds. The van der Waals surface area contributed by atoms with Crippen molar-refractivity contribution in [2.45, 2.75) is 38.1 Å². The first kappa shape index (κ1) is 17.2. The minimum atomic E-state index is -0.636. The molecule has 1 N–H and O–H groups in total. The number of methoxy groups -OCH3 is 2. The number of benzene rings is 1. The predicted molar refractivity (Wildman–Crippen MR) is 90.6 cm³/mol. The summed E-state index contributed by atoms with van der Waals surface area (Å²) < 4.78 is 11.7. The number of nitrogens with zero attached hydrogens (tertiary/aromatic N) is 4. The van der Waals surface area contributed by atoms with Gasteiger partial charge in [-0.3, -0.25) is 0 Å². The first-order valence-corrected chi connectivity index (χ1v) is 8.37. The molecule has 0 spiro atoms. The van der Waals surface area contributed by atoms with Gasteiger partial charge in [0.15, 0.2) is 5.82 Å². The van der Waals surface area contributed by atoms with Crippen molar-refractivity contribution < 1.29 is 14.3 Å². The van der Waals surface area contributed by atoms with Gasteiger partial charge in [-0.2, -0.15) is 4.68 Å². The zero-order valence-electron chi connectivity index (χ0n) is 14.7. The highest BCUT2D eigenvalue weighted by Gasteiger charge is 2.42. The summed E-state index contributed by atoms with van der Waals surface area (Å²) in [5, 5.41) is 15.2. The Kier molecular flexibility index (Phi) is 4.87. The van der Waals surface area contributed by atoms with E-state index in [9.17, 15) is 4.79 Å². The fourth-order valence-electron chi connectivity index (χ4n) is 3.29. The molecule has 1 aromatic carbocycles. The van der Waals surface area contributed by atoms with Gasteiger partial charge in [0.2, 0.25) is 0 Å². The summed E-state index contributed by atoms with van der Waals surface area (Å²) in [6, 6.07) is 7.47. The second kappa shape index (κ2) is 7.08. The zero-order chi connectivity index (χ0) is 17.9. The molecule has 0 aliphatic heterocycles. The second-order valence-electron chi connectivity index (χ2n) is 6.49. The van der Waals surface area contributed by atoms with E-state index < -0.39 is 11.6 Å². The summed E-state index contributed by atoms with van der Waals surface area (Å²) in [7, 11) is 2.98. The van der Waals surface area contributed by atoms with Crippen LogP contribution in [0.1, 0.15) is 38.4 Å². The lowest BCUT2D eigenvalue weighted by Gasteiger charge is -2.38. The number of tetrazole rings is 1. The van der Waals surface area contributed by atoms with E-state index >= 15 is 0 Å². The highest BCUT2D eigenvalue weighted by Crippen LogP contribution is 2.39. The van der Waals surface area contributed by atoms with Gasteiger partial charge in [0.05, 0.1) is 19.9 Å². The van der Waals surface area contributed by atoms with Crippen molar-refractivity contribution in [2.75, 3.05) is 14.2 Å². The molecule has 1 aliphatic rings. The van der Waals surface area contributed by atoms with Crippen molar-refractivity contribution in [2.24, 2.45) is 5.92 Å². The number of ether oxygens (including phenoxy) is 2. The topological polar surface area (TPSA) is 91.2 Å². The molecule has 8 nitrogen and oxygen atoms in total. The standard InChI is InChI=1S/C17H23N5O3/c1-12-8-10-17(11-9-12,18-16(23)25-3)15-19-20-21-22(15)13-4-6-14(24-2)7-5-13/h4-7,12H,8-11H2,1-3H3,(H,18,23). The Morgan fingerprint density at radius 3 is 2.52 bits per heavy atom. The zero-order valence-corrected chi connectivity index (χ0v) is 14.7. The summed E-state index contributed by atoms with van der Waals surface area (Å²) >= 11 is 0. The SMILES string of the molecule is COC(=O)NC1(c2nnnn2-c2ccc(OC)cc2)CCC(C)CC1. The molecule has 1 aliphatic carbocycles. The van der Waals surface area contributed by atoms with Gasteiger partial charge in [-0.25, -0.2) is 4.79 Å². The lowest BCUT2D eigenvalue weighted by molar-refractivity contribution is 0.130. The maximum Gasteiger partial charge on any atom is 0.407 e. The molecule has 3 rings (SSSR count). The van der Waals surface area contributed by atoms with Crippen LogP contribution < -0.4 is 10.1 Å². The van der Waals surface area contributed by atoms with Crippen LogP contribution in [0.25, 0.3) is 5.69 Å². The number of carbonyl (C=O) groups excluding carboxylic acids is 1. The van der Waals surface area contributed by atoms with Crippen LogP contribution in [0, 0.1) is 5.92 Å². The molecular weight excluding hydrogens is 322 g/mol. The number of nitrogens with one attached hydrogen (secondary N) is 1. The molecular formula is C17H23N5O3. The fourth-order valence-corrected chi connectivity index (χ4v) is 3.29. The third-order valence-electron chi connectivity index (χ3n) is 4.87. The van der Waals surface area contributed by atoms with Gasteiger partial charge < -0.3 is 14.8 Å². The molecule has 1 fully saturated rings. The summed E-state index contributed by atoms with van der Waals surface area (Å²) in [5.74, 6) is 1.99. The molecule has 1 heterocycles. The number of hydrogen-bond acceptors (Lipinski definition) is 6. The Balaban J connectivity index is 1.99. The van der Waals surface area contributed by atoms with Gasteiger partial charge in [-0.1, -0.05) is 6.92 Å². The third kappa shape index (κ3) is 3.42. The molecule has 25 heavy (non-hydrogen) atoms. The Bertz CT molecular complexity index is 720. The number of amides is 1. The number of alkyl carbamates (subject to hydrolysis) is 1. The van der Waals surface area contributed by atoms with Crippen molar-refractivity contribution in [1.29, 1.82) is 0 Å². The maximum absolute atomic E-state index is 12.0. The largest absolute Gasteiger partial charge is 0.497 e. The molecule has 0 atom stereocenters. The molecule has 0 radical (unpaired) electrons. The highest BCUT2D eigenvalue weighted by molar-refractivity contribution is 5.68. The Morgan fingerprint density at radius 2 is 1.92 bits per heavy atom. The quantitative estimate of drug-likeness (QED) is 0.915. The Labute approximate surface area is 146 Å². The van der Waals surface area contributed by atoms with Gasteiger partial charge in [0.1, 0.15) is 11.3 Å². The van der Waals surface area contributed by atoms with Crippen LogP contribution in [0.3, 0.4) is 0 Å². The molecule has 1 saturated carbocycles. The van der Waals surface area contributed by atoms with Crippen LogP contribution in [0.5, 0.6) is 5.75 Å². The van der Waals surface area contributed by atoms with Gasteiger partial charge in [-0.15, -0.1) is 5.10 Å². The van der Waals surface area contributed by atoms with Crippen LogP contribution in [-0.4, -0.2) is 40.5 Å². The van der Waals surface area contributed by atoms with Crippen LogP contribution >= 0.6 is 0 Å². The second-order valence-corrected chi connectivity index (χ2v) is 6.49. The smallest absolute Gasteiger partial charge is 0.407 e. The van der Waals surface area contributed by atoms with Crippen molar-refractivity contribution in [3.05, 3.63) is 30.1 Å². The van der Waals surface area contributed by atoms with Crippen molar-refractivity contribution >= 4 is 6.09 Å². The van der Waals surface area contributed by atoms with Crippen LogP contribution in [0.15, 0.2) is 24.3 Å². The van der Waals surface area contributed by atoms with E-state index in [0.29, 0.717) is 11.7 Å². The Morgan fingerprint density at radius 1 is 1.24 bits per heavy atom. The monoisotopic (exact) mass is 345 g/mol. The van der Waals surface area contributed by atoms with E-state index in [1.807, 2.05) is 24.3 Å². The van der Waals surface area contributed by atoms with E-state index in [0.717, 1.165) is 37.1 Å². The van der Waals surface area contributed by atoms with E-state index in [1.54, 1.807) is 11.8 Å². The number of aromatic nitrogens is 4. The van der Waals surface area contributed by atoms with Crippen molar-refractivity contribution in [3.8, 4) is 11.4 Å². The summed E-state index contributed by atoms with van der Waals surface area (Å²) in [5.41, 5.74) is 0.175. The van der Waals surface area contributed by atoms with Gasteiger partial charge in [-0.05, 0) is 66.3 Å². The average molecular weight is 345 g/mol. The Hall–Kier alpha value is -2.64. The van der Waals surface area contributed by atoms with Gasteiger partial charge in [0.25, 0.3) is 0 Å². The third-order valence-corrected chi connectivity index (χ3v) is 4.87. The van der Waals surface area contributed by atoms with E-state index in [2.05, 4.69) is 27.8 Å². The summed E-state index contributed by atoms with van der Waals surface area (Å²) in [4.78, 5) is 12.0. The average Bonchev–Trinajstić information content (AvgIpc) is 3.14. The van der Waals surface area contributed by atoms with Gasteiger partial charge in [0, 0.05) is 0 Å². The summed E-state index contributed by atoms with van der Waals surface area (Å²) in [6.07, 6.45) is 3.03. The normalized spacial score (nSPS) is 23.1. The highest BCUT2D eigenvalue weighted by atomic mass is 16.5. The van der Waals surface area contributed by atoms with Crippen LogP contribution in [0.4, 0.5) is 4.79 Å². The lowest BCUT2D eigenvalue weighted by Crippen LogP contribution is -2.49. The molecule has 1 aromatic heterocycles. The van der Waals surface area contributed by atoms with Crippen molar-refractivity contribution in [3.63, 3.8) is 0 Å². The fraction of sp³-hybridized carbons (Fsp3) is 0.529. The maximum atomic E-state index is 12.0. The number of rotatable bonds is 4. The van der Waals surface area contributed by atoms with Crippen LogP contribution in [-0.2, 0) is 10.3 Å². The van der Waals surface area contributed by atoms with Crippen LogP contribution in [0.2, 0.25) is 0 Å². The molecule has 134 valence electrons. The first-order chi connectivity index (χ1) is 12.1. The minimum absolute atomic E-state index is 0.473. The molecule has 0 unspecified atom stereocenters. The minimum Gasteiger partial charge on any atom is -0.497 e. The van der Waals surface area contributed by atoms with Gasteiger partial charge >= 0.3 is 6.09 Å². The molecule has 0 saturated heterocycles. The molecule has 2 aromatic rings. The molecule has 8 heteroatoms. The van der Waals surface area contributed by atoms with Crippen molar-refractivity contribution in [1.82, 2.24) is 25.5 Å².